The lowest BCUT2D eigenvalue weighted by Gasteiger charge is -2.31. The van der Waals surface area contributed by atoms with Crippen molar-refractivity contribution in [3.05, 3.63) is 29.2 Å². The number of piperidine rings is 1. The van der Waals surface area contributed by atoms with Crippen molar-refractivity contribution in [2.24, 2.45) is 0 Å². The largest absolute Gasteiger partial charge is 0.381 e. The normalized spacial score (nSPS) is 18.8. The topological polar surface area (TPSA) is 95.5 Å². The summed E-state index contributed by atoms with van der Waals surface area (Å²) in [5.74, 6) is 1.81. The Morgan fingerprint density at radius 1 is 1.23 bits per heavy atom. The second-order valence-electron chi connectivity index (χ2n) is 8.01. The molecule has 164 valence electrons. The van der Waals surface area contributed by atoms with E-state index >= 15 is 0 Å². The van der Waals surface area contributed by atoms with Gasteiger partial charge in [0, 0.05) is 50.9 Å². The predicted octanol–water partition coefficient (Wildman–Crippen LogP) is 2.35. The maximum Gasteiger partial charge on any atom is 0.257 e. The van der Waals surface area contributed by atoms with E-state index in [0.29, 0.717) is 43.4 Å². The van der Waals surface area contributed by atoms with Crippen LogP contribution in [0.4, 0.5) is 0 Å². The Labute approximate surface area is 176 Å². The molecule has 0 aliphatic carbocycles. The molecule has 0 spiro atoms. The monoisotopic (exact) mass is 417 g/mol. The number of ether oxygens (including phenoxy) is 2. The first-order valence-corrected chi connectivity index (χ1v) is 11.0. The minimum absolute atomic E-state index is 0.0677. The Balaban J connectivity index is 1.19. The van der Waals surface area contributed by atoms with Crippen molar-refractivity contribution >= 4 is 5.91 Å². The molecule has 0 N–H and O–H groups in total. The molecule has 30 heavy (non-hydrogen) atoms. The van der Waals surface area contributed by atoms with E-state index in [9.17, 15) is 4.79 Å². The van der Waals surface area contributed by atoms with Gasteiger partial charge in [-0.25, -0.2) is 0 Å². The van der Waals surface area contributed by atoms with Gasteiger partial charge in [-0.05, 0) is 39.5 Å². The molecule has 2 aromatic rings. The molecule has 2 aliphatic heterocycles. The number of nitrogens with zero attached hydrogens (tertiary/aromatic N) is 5. The van der Waals surface area contributed by atoms with Crippen molar-refractivity contribution < 1.29 is 18.8 Å². The summed E-state index contributed by atoms with van der Waals surface area (Å²) in [6.45, 7) is 8.23. The number of aromatic nitrogens is 4. The SMILES string of the molecule is CCn1ncc(C(=O)N2CCC(OCCc3noc(C4CCOCC4)n3)CC2)c1C. The molecule has 0 atom stereocenters. The lowest BCUT2D eigenvalue weighted by Crippen LogP contribution is -2.41. The molecular weight excluding hydrogens is 386 g/mol. The number of amides is 1. The van der Waals surface area contributed by atoms with Gasteiger partial charge in [0.15, 0.2) is 5.82 Å². The van der Waals surface area contributed by atoms with Gasteiger partial charge in [-0.1, -0.05) is 5.16 Å². The van der Waals surface area contributed by atoms with Gasteiger partial charge >= 0.3 is 0 Å². The van der Waals surface area contributed by atoms with Crippen LogP contribution in [-0.2, 0) is 22.4 Å². The molecule has 0 radical (unpaired) electrons. The van der Waals surface area contributed by atoms with Crippen molar-refractivity contribution in [3.8, 4) is 0 Å². The molecule has 4 heterocycles. The van der Waals surface area contributed by atoms with Crippen LogP contribution in [-0.4, -0.2) is 69.7 Å². The lowest BCUT2D eigenvalue weighted by molar-refractivity contribution is 0.00945. The molecule has 0 saturated carbocycles. The zero-order valence-electron chi connectivity index (χ0n) is 17.9. The summed E-state index contributed by atoms with van der Waals surface area (Å²) in [4.78, 5) is 19.2. The van der Waals surface area contributed by atoms with Gasteiger partial charge < -0.3 is 18.9 Å². The van der Waals surface area contributed by atoms with Crippen LogP contribution in [0, 0.1) is 6.92 Å². The van der Waals surface area contributed by atoms with E-state index in [2.05, 4.69) is 15.2 Å². The van der Waals surface area contributed by atoms with Crippen LogP contribution >= 0.6 is 0 Å². The molecule has 9 heteroatoms. The van der Waals surface area contributed by atoms with Gasteiger partial charge in [0.05, 0.1) is 24.5 Å². The number of likely N-dealkylation sites (tertiary alicyclic amines) is 1. The molecule has 0 aromatic carbocycles. The van der Waals surface area contributed by atoms with E-state index in [-0.39, 0.29) is 12.0 Å². The fourth-order valence-corrected chi connectivity index (χ4v) is 4.17. The fourth-order valence-electron chi connectivity index (χ4n) is 4.17. The third kappa shape index (κ3) is 4.73. The van der Waals surface area contributed by atoms with Crippen molar-refractivity contribution in [1.29, 1.82) is 0 Å². The highest BCUT2D eigenvalue weighted by atomic mass is 16.5. The highest BCUT2D eigenvalue weighted by molar-refractivity contribution is 5.95. The Kier molecular flexibility index (Phi) is 6.79. The minimum Gasteiger partial charge on any atom is -0.381 e. The van der Waals surface area contributed by atoms with E-state index in [1.54, 1.807) is 6.20 Å². The average Bonchev–Trinajstić information content (AvgIpc) is 3.41. The second-order valence-corrected chi connectivity index (χ2v) is 8.01. The van der Waals surface area contributed by atoms with Gasteiger partial charge in [0.25, 0.3) is 5.91 Å². The molecule has 2 saturated heterocycles. The van der Waals surface area contributed by atoms with Crippen molar-refractivity contribution in [2.45, 2.75) is 64.5 Å². The van der Waals surface area contributed by atoms with Gasteiger partial charge in [0.1, 0.15) is 0 Å². The van der Waals surface area contributed by atoms with Crippen molar-refractivity contribution in [3.63, 3.8) is 0 Å². The first-order valence-electron chi connectivity index (χ1n) is 11.0. The molecule has 2 aliphatic rings. The lowest BCUT2D eigenvalue weighted by atomic mass is 10.0. The van der Waals surface area contributed by atoms with Gasteiger partial charge in [-0.15, -0.1) is 0 Å². The van der Waals surface area contributed by atoms with E-state index in [4.69, 9.17) is 14.0 Å². The third-order valence-electron chi connectivity index (χ3n) is 6.10. The van der Waals surface area contributed by atoms with E-state index in [0.717, 1.165) is 57.0 Å². The minimum atomic E-state index is 0.0677. The maximum atomic E-state index is 12.8. The quantitative estimate of drug-likeness (QED) is 0.682. The zero-order chi connectivity index (χ0) is 20.9. The summed E-state index contributed by atoms with van der Waals surface area (Å²) in [5, 5.41) is 8.38. The molecule has 9 nitrogen and oxygen atoms in total. The van der Waals surface area contributed by atoms with Crippen LogP contribution < -0.4 is 0 Å². The molecule has 2 aromatic heterocycles. The van der Waals surface area contributed by atoms with Gasteiger partial charge in [-0.3, -0.25) is 9.48 Å². The van der Waals surface area contributed by atoms with Gasteiger partial charge in [-0.2, -0.15) is 10.1 Å². The summed E-state index contributed by atoms with van der Waals surface area (Å²) < 4.78 is 18.7. The molecule has 1 amide bonds. The van der Waals surface area contributed by atoms with Crippen LogP contribution in [0.1, 0.15) is 66.3 Å². The van der Waals surface area contributed by atoms with Crippen LogP contribution in [0.25, 0.3) is 0 Å². The highest BCUT2D eigenvalue weighted by Crippen LogP contribution is 2.25. The molecular formula is C21H31N5O4. The molecule has 2 fully saturated rings. The summed E-state index contributed by atoms with van der Waals surface area (Å²) in [6.07, 6.45) is 6.04. The van der Waals surface area contributed by atoms with E-state index in [1.807, 2.05) is 23.4 Å². The number of hydrogen-bond acceptors (Lipinski definition) is 7. The second kappa shape index (κ2) is 9.70. The summed E-state index contributed by atoms with van der Waals surface area (Å²) >= 11 is 0. The van der Waals surface area contributed by atoms with E-state index < -0.39 is 0 Å². The number of hydrogen-bond donors (Lipinski definition) is 0. The summed E-state index contributed by atoms with van der Waals surface area (Å²) in [6, 6.07) is 0. The maximum absolute atomic E-state index is 12.8. The van der Waals surface area contributed by atoms with Crippen LogP contribution in [0.5, 0.6) is 0 Å². The van der Waals surface area contributed by atoms with Crippen molar-refractivity contribution in [1.82, 2.24) is 24.8 Å². The highest BCUT2D eigenvalue weighted by Gasteiger charge is 2.26. The first-order chi connectivity index (χ1) is 14.7. The zero-order valence-corrected chi connectivity index (χ0v) is 17.9. The van der Waals surface area contributed by atoms with Crippen LogP contribution in [0.15, 0.2) is 10.7 Å². The fraction of sp³-hybridized carbons (Fsp3) is 0.714. The Morgan fingerprint density at radius 3 is 2.70 bits per heavy atom. The Morgan fingerprint density at radius 2 is 2.00 bits per heavy atom. The number of rotatable bonds is 7. The Bertz CT molecular complexity index is 834. The predicted molar refractivity (Wildman–Crippen MR) is 108 cm³/mol. The smallest absolute Gasteiger partial charge is 0.257 e. The molecule has 0 bridgehead atoms. The van der Waals surface area contributed by atoms with Crippen LogP contribution in [0.2, 0.25) is 0 Å². The summed E-state index contributed by atoms with van der Waals surface area (Å²) in [5.41, 5.74) is 1.63. The van der Waals surface area contributed by atoms with Crippen molar-refractivity contribution in [2.75, 3.05) is 32.9 Å². The average molecular weight is 418 g/mol. The third-order valence-corrected chi connectivity index (χ3v) is 6.10. The number of carbonyl (C=O) groups excluding carboxylic acids is 1. The molecule has 0 unspecified atom stereocenters. The number of carbonyl (C=O) groups is 1. The number of aryl methyl sites for hydroxylation is 1. The Hall–Kier alpha value is -2.26. The standard InChI is InChI=1S/C21H31N5O4/c1-3-26-15(2)18(14-22-26)21(27)25-9-4-17(5-10-25)29-13-8-19-23-20(30-24-19)16-6-11-28-12-7-16/h14,16-17H,3-13H2,1-2H3. The summed E-state index contributed by atoms with van der Waals surface area (Å²) in [7, 11) is 0. The first kappa shape index (κ1) is 21.0. The van der Waals surface area contributed by atoms with Gasteiger partial charge in [0.2, 0.25) is 5.89 Å². The van der Waals surface area contributed by atoms with Crippen LogP contribution in [0.3, 0.4) is 0 Å². The molecule has 4 rings (SSSR count). The van der Waals surface area contributed by atoms with E-state index in [1.165, 1.54) is 0 Å².